The molecule has 0 radical (unpaired) electrons. The molecule has 0 spiro atoms. The zero-order valence-electron chi connectivity index (χ0n) is 11.5. The molecule has 0 aliphatic rings. The lowest BCUT2D eigenvalue weighted by atomic mass is 10.1. The lowest BCUT2D eigenvalue weighted by Gasteiger charge is -2.08. The maximum atomic E-state index is 12.1. The third-order valence-electron chi connectivity index (χ3n) is 2.83. The van der Waals surface area contributed by atoms with Crippen LogP contribution in [0.5, 0.6) is 0 Å². The molecule has 2 rings (SSSR count). The first-order valence-electron chi connectivity index (χ1n) is 6.37. The van der Waals surface area contributed by atoms with Crippen molar-refractivity contribution in [1.82, 2.24) is 0 Å². The zero-order chi connectivity index (χ0) is 15.2. The van der Waals surface area contributed by atoms with Crippen LogP contribution in [-0.2, 0) is 0 Å². The van der Waals surface area contributed by atoms with Crippen molar-refractivity contribution in [3.8, 4) is 11.8 Å². The van der Waals surface area contributed by atoms with E-state index in [1.165, 1.54) is 0 Å². The van der Waals surface area contributed by atoms with E-state index in [2.05, 4.69) is 17.2 Å². The van der Waals surface area contributed by atoms with Crippen LogP contribution >= 0.6 is 11.6 Å². The van der Waals surface area contributed by atoms with Crippen molar-refractivity contribution in [3.05, 3.63) is 64.2 Å². The number of hydrogen-bond acceptors (Lipinski definition) is 2. The monoisotopic (exact) mass is 299 g/mol. The molecule has 0 saturated carbocycles. The van der Waals surface area contributed by atoms with Crippen LogP contribution in [0.15, 0.2) is 42.5 Å². The molecule has 0 saturated heterocycles. The predicted octanol–water partition coefficient (Wildman–Crippen LogP) is 3.24. The Balaban J connectivity index is 2.13. The van der Waals surface area contributed by atoms with Gasteiger partial charge in [-0.2, -0.15) is 0 Å². The molecule has 0 fully saturated rings. The normalized spacial score (nSPS) is 9.67. The largest absolute Gasteiger partial charge is 0.384 e. The fourth-order valence-corrected chi connectivity index (χ4v) is 2.04. The first-order valence-corrected chi connectivity index (χ1v) is 6.75. The highest BCUT2D eigenvalue weighted by Gasteiger charge is 2.08. The van der Waals surface area contributed by atoms with Crippen molar-refractivity contribution in [1.29, 1.82) is 0 Å². The number of anilines is 1. The molecule has 0 aromatic heterocycles. The topological polar surface area (TPSA) is 49.3 Å². The van der Waals surface area contributed by atoms with Gasteiger partial charge < -0.3 is 10.4 Å². The molecule has 0 heterocycles. The van der Waals surface area contributed by atoms with Gasteiger partial charge in [0, 0.05) is 11.1 Å². The Bertz CT molecular complexity index is 712. The Morgan fingerprint density at radius 2 is 1.95 bits per heavy atom. The van der Waals surface area contributed by atoms with E-state index in [1.807, 2.05) is 13.0 Å². The van der Waals surface area contributed by atoms with Crippen LogP contribution < -0.4 is 5.32 Å². The lowest BCUT2D eigenvalue weighted by molar-refractivity contribution is 0.102. The van der Waals surface area contributed by atoms with Crippen molar-refractivity contribution in [2.24, 2.45) is 0 Å². The SMILES string of the molecule is Cc1ccc(NC(=O)c2ccc(C#CCO)cc2)c(Cl)c1. The highest BCUT2D eigenvalue weighted by molar-refractivity contribution is 6.34. The van der Waals surface area contributed by atoms with Gasteiger partial charge in [-0.1, -0.05) is 29.5 Å². The van der Waals surface area contributed by atoms with Gasteiger partial charge in [-0.05, 0) is 48.9 Å². The smallest absolute Gasteiger partial charge is 0.255 e. The predicted molar refractivity (Wildman–Crippen MR) is 84.5 cm³/mol. The Kier molecular flexibility index (Phi) is 4.99. The van der Waals surface area contributed by atoms with E-state index < -0.39 is 0 Å². The summed E-state index contributed by atoms with van der Waals surface area (Å²) in [6.07, 6.45) is 0. The Morgan fingerprint density at radius 3 is 2.57 bits per heavy atom. The average Bonchev–Trinajstić information content (AvgIpc) is 2.48. The second-order valence-corrected chi connectivity index (χ2v) is 4.88. The van der Waals surface area contributed by atoms with Gasteiger partial charge in [0.15, 0.2) is 0 Å². The summed E-state index contributed by atoms with van der Waals surface area (Å²) in [5, 5.41) is 11.9. The van der Waals surface area contributed by atoms with Crippen LogP contribution in [0.4, 0.5) is 5.69 Å². The molecule has 4 heteroatoms. The van der Waals surface area contributed by atoms with E-state index in [4.69, 9.17) is 16.7 Å². The van der Waals surface area contributed by atoms with E-state index in [-0.39, 0.29) is 12.5 Å². The number of halogens is 1. The molecule has 21 heavy (non-hydrogen) atoms. The summed E-state index contributed by atoms with van der Waals surface area (Å²) in [4.78, 5) is 12.1. The number of carbonyl (C=O) groups is 1. The molecule has 2 aromatic carbocycles. The number of amides is 1. The molecule has 2 N–H and O–H groups in total. The number of rotatable bonds is 2. The van der Waals surface area contributed by atoms with E-state index >= 15 is 0 Å². The minimum Gasteiger partial charge on any atom is -0.384 e. The number of carbonyl (C=O) groups excluding carboxylic acids is 1. The Morgan fingerprint density at radius 1 is 1.24 bits per heavy atom. The fourth-order valence-electron chi connectivity index (χ4n) is 1.76. The van der Waals surface area contributed by atoms with Crippen LogP contribution in [0, 0.1) is 18.8 Å². The van der Waals surface area contributed by atoms with Crippen LogP contribution in [0.2, 0.25) is 5.02 Å². The summed E-state index contributed by atoms with van der Waals surface area (Å²) in [6.45, 7) is 1.75. The fraction of sp³-hybridized carbons (Fsp3) is 0.118. The van der Waals surface area contributed by atoms with Crippen molar-refractivity contribution >= 4 is 23.2 Å². The van der Waals surface area contributed by atoms with Gasteiger partial charge in [0.1, 0.15) is 6.61 Å². The van der Waals surface area contributed by atoms with Crippen molar-refractivity contribution < 1.29 is 9.90 Å². The van der Waals surface area contributed by atoms with Crippen LogP contribution in [-0.4, -0.2) is 17.6 Å². The number of aliphatic hydroxyl groups is 1. The van der Waals surface area contributed by atoms with E-state index in [9.17, 15) is 4.79 Å². The van der Waals surface area contributed by atoms with Gasteiger partial charge in [-0.15, -0.1) is 0 Å². The van der Waals surface area contributed by atoms with E-state index in [0.29, 0.717) is 16.3 Å². The molecular weight excluding hydrogens is 286 g/mol. The molecule has 0 bridgehead atoms. The minimum absolute atomic E-state index is 0.186. The first kappa shape index (κ1) is 15.1. The second-order valence-electron chi connectivity index (χ2n) is 4.47. The second kappa shape index (κ2) is 6.94. The van der Waals surface area contributed by atoms with Crippen LogP contribution in [0.1, 0.15) is 21.5 Å². The number of aliphatic hydroxyl groups excluding tert-OH is 1. The molecule has 1 amide bonds. The summed E-state index contributed by atoms with van der Waals surface area (Å²) >= 11 is 6.09. The summed E-state index contributed by atoms with van der Waals surface area (Å²) < 4.78 is 0. The summed E-state index contributed by atoms with van der Waals surface area (Å²) in [5.41, 5.74) is 2.87. The zero-order valence-corrected chi connectivity index (χ0v) is 12.2. The van der Waals surface area contributed by atoms with Gasteiger partial charge in [0.05, 0.1) is 10.7 Å². The molecule has 106 valence electrons. The maximum Gasteiger partial charge on any atom is 0.255 e. The molecule has 0 unspecified atom stereocenters. The Hall–Kier alpha value is -2.28. The molecular formula is C17H14ClNO2. The third kappa shape index (κ3) is 4.09. The van der Waals surface area contributed by atoms with Gasteiger partial charge in [-0.25, -0.2) is 0 Å². The van der Waals surface area contributed by atoms with Gasteiger partial charge >= 0.3 is 0 Å². The number of aryl methyl sites for hydroxylation is 1. The van der Waals surface area contributed by atoms with Crippen molar-refractivity contribution in [2.45, 2.75) is 6.92 Å². The van der Waals surface area contributed by atoms with Crippen LogP contribution in [0.25, 0.3) is 0 Å². The third-order valence-corrected chi connectivity index (χ3v) is 3.14. The molecule has 0 aliphatic carbocycles. The molecule has 2 aromatic rings. The van der Waals surface area contributed by atoms with Gasteiger partial charge in [0.2, 0.25) is 0 Å². The number of nitrogens with one attached hydrogen (secondary N) is 1. The summed E-state index contributed by atoms with van der Waals surface area (Å²) in [5.74, 6) is 5.09. The van der Waals surface area contributed by atoms with E-state index in [0.717, 1.165) is 11.1 Å². The highest BCUT2D eigenvalue weighted by atomic mass is 35.5. The average molecular weight is 300 g/mol. The van der Waals surface area contributed by atoms with Crippen LogP contribution in [0.3, 0.4) is 0 Å². The summed E-state index contributed by atoms with van der Waals surface area (Å²) in [7, 11) is 0. The highest BCUT2D eigenvalue weighted by Crippen LogP contribution is 2.23. The standard InChI is InChI=1S/C17H14ClNO2/c1-12-4-9-16(15(18)11-12)19-17(21)14-7-5-13(6-8-14)3-2-10-20/h4-9,11,20H,10H2,1H3,(H,19,21). The molecule has 3 nitrogen and oxygen atoms in total. The van der Waals surface area contributed by atoms with Crippen molar-refractivity contribution in [3.63, 3.8) is 0 Å². The summed E-state index contributed by atoms with van der Waals surface area (Å²) in [6, 6.07) is 12.3. The maximum absolute atomic E-state index is 12.1. The lowest BCUT2D eigenvalue weighted by Crippen LogP contribution is -2.12. The number of benzene rings is 2. The number of hydrogen-bond donors (Lipinski definition) is 2. The minimum atomic E-state index is -0.234. The van der Waals surface area contributed by atoms with Crippen molar-refractivity contribution in [2.75, 3.05) is 11.9 Å². The molecule has 0 aliphatic heterocycles. The molecule has 0 atom stereocenters. The van der Waals surface area contributed by atoms with Gasteiger partial charge in [0.25, 0.3) is 5.91 Å². The van der Waals surface area contributed by atoms with Gasteiger partial charge in [-0.3, -0.25) is 4.79 Å². The first-order chi connectivity index (χ1) is 10.1. The quantitative estimate of drug-likeness (QED) is 0.836. The van der Waals surface area contributed by atoms with E-state index in [1.54, 1.807) is 36.4 Å². The Labute approximate surface area is 128 Å².